The van der Waals surface area contributed by atoms with Crippen LogP contribution in [0.25, 0.3) is 0 Å². The molecule has 2 nitrogen and oxygen atoms in total. The molecule has 0 heterocycles. The molecule has 0 aromatic rings. The lowest BCUT2D eigenvalue weighted by Gasteiger charge is -2.27. The average molecular weight is 249 g/mol. The van der Waals surface area contributed by atoms with Gasteiger partial charge in [0.25, 0.3) is 0 Å². The first-order chi connectivity index (χ1) is 8.77. The lowest BCUT2D eigenvalue weighted by atomic mass is 9.79. The van der Waals surface area contributed by atoms with Crippen LogP contribution in [0.4, 0.5) is 0 Å². The van der Waals surface area contributed by atoms with Crippen LogP contribution in [0.3, 0.4) is 0 Å². The van der Waals surface area contributed by atoms with Crippen molar-refractivity contribution in [2.24, 2.45) is 11.8 Å². The molecule has 0 aromatic heterocycles. The Balaban J connectivity index is 2.16. The van der Waals surface area contributed by atoms with Crippen LogP contribution in [0.15, 0.2) is 0 Å². The SMILES string of the molecule is CC#CCCNC(=O)C1CCC(CCCC)CC1. The van der Waals surface area contributed by atoms with E-state index in [2.05, 4.69) is 24.1 Å². The topological polar surface area (TPSA) is 29.1 Å². The van der Waals surface area contributed by atoms with Crippen molar-refractivity contribution in [2.75, 3.05) is 6.54 Å². The van der Waals surface area contributed by atoms with Gasteiger partial charge in [-0.05, 0) is 38.5 Å². The van der Waals surface area contributed by atoms with Gasteiger partial charge in [-0.3, -0.25) is 4.79 Å². The van der Waals surface area contributed by atoms with Crippen molar-refractivity contribution >= 4 is 5.91 Å². The summed E-state index contributed by atoms with van der Waals surface area (Å²) in [5.74, 6) is 7.21. The summed E-state index contributed by atoms with van der Waals surface area (Å²) in [4.78, 5) is 11.9. The van der Waals surface area contributed by atoms with Crippen LogP contribution in [0, 0.1) is 23.7 Å². The number of carbonyl (C=O) groups is 1. The molecular weight excluding hydrogens is 222 g/mol. The fraction of sp³-hybridized carbons (Fsp3) is 0.812. The molecule has 0 aliphatic heterocycles. The lowest BCUT2D eigenvalue weighted by molar-refractivity contribution is -0.126. The summed E-state index contributed by atoms with van der Waals surface area (Å²) in [6.45, 7) is 4.78. The predicted octanol–water partition coefficient (Wildman–Crippen LogP) is 3.51. The molecule has 102 valence electrons. The number of rotatable bonds is 6. The highest BCUT2D eigenvalue weighted by molar-refractivity contribution is 5.78. The number of unbranched alkanes of at least 4 members (excludes halogenated alkanes) is 1. The van der Waals surface area contributed by atoms with Crippen molar-refractivity contribution in [3.63, 3.8) is 0 Å². The number of nitrogens with one attached hydrogen (secondary N) is 1. The van der Waals surface area contributed by atoms with E-state index in [-0.39, 0.29) is 11.8 Å². The van der Waals surface area contributed by atoms with Crippen LogP contribution < -0.4 is 5.32 Å². The highest BCUT2D eigenvalue weighted by Gasteiger charge is 2.25. The first-order valence-electron chi connectivity index (χ1n) is 7.45. The van der Waals surface area contributed by atoms with Gasteiger partial charge in [-0.25, -0.2) is 0 Å². The van der Waals surface area contributed by atoms with Crippen LogP contribution in [-0.2, 0) is 4.79 Å². The van der Waals surface area contributed by atoms with Gasteiger partial charge in [0.15, 0.2) is 0 Å². The van der Waals surface area contributed by atoms with Gasteiger partial charge in [0.1, 0.15) is 0 Å². The fourth-order valence-corrected chi connectivity index (χ4v) is 2.72. The van der Waals surface area contributed by atoms with E-state index in [0.717, 1.165) is 25.2 Å². The molecule has 0 radical (unpaired) electrons. The van der Waals surface area contributed by atoms with Gasteiger partial charge >= 0.3 is 0 Å². The Bertz CT molecular complexity index is 292. The van der Waals surface area contributed by atoms with E-state index in [1.54, 1.807) is 0 Å². The molecule has 2 heteroatoms. The van der Waals surface area contributed by atoms with Gasteiger partial charge in [0, 0.05) is 18.9 Å². The van der Waals surface area contributed by atoms with Crippen molar-refractivity contribution < 1.29 is 4.79 Å². The van der Waals surface area contributed by atoms with Gasteiger partial charge < -0.3 is 5.32 Å². The Morgan fingerprint density at radius 3 is 2.61 bits per heavy atom. The van der Waals surface area contributed by atoms with E-state index in [9.17, 15) is 4.79 Å². The summed E-state index contributed by atoms with van der Waals surface area (Å²) >= 11 is 0. The monoisotopic (exact) mass is 249 g/mol. The molecule has 0 aromatic carbocycles. The van der Waals surface area contributed by atoms with Crippen LogP contribution in [0.2, 0.25) is 0 Å². The maximum absolute atomic E-state index is 11.9. The largest absolute Gasteiger partial charge is 0.355 e. The third kappa shape index (κ3) is 5.58. The molecule has 1 fully saturated rings. The summed E-state index contributed by atoms with van der Waals surface area (Å²) in [7, 11) is 0. The summed E-state index contributed by atoms with van der Waals surface area (Å²) in [6.07, 6.45) is 9.42. The molecule has 1 saturated carbocycles. The Kier molecular flexibility index (Phi) is 7.57. The van der Waals surface area contributed by atoms with Crippen LogP contribution in [0.1, 0.15) is 65.2 Å². The van der Waals surface area contributed by atoms with Crippen molar-refractivity contribution in [3.05, 3.63) is 0 Å². The minimum Gasteiger partial charge on any atom is -0.355 e. The predicted molar refractivity (Wildman–Crippen MR) is 76.0 cm³/mol. The Morgan fingerprint density at radius 1 is 1.28 bits per heavy atom. The molecular formula is C16H27NO. The molecule has 1 N–H and O–H groups in total. The van der Waals surface area contributed by atoms with Gasteiger partial charge in [-0.15, -0.1) is 11.8 Å². The molecule has 0 bridgehead atoms. The molecule has 1 rings (SSSR count). The minimum atomic E-state index is 0.252. The second-order valence-electron chi connectivity index (χ2n) is 5.33. The van der Waals surface area contributed by atoms with E-state index < -0.39 is 0 Å². The summed E-state index contributed by atoms with van der Waals surface area (Å²) in [5.41, 5.74) is 0. The van der Waals surface area contributed by atoms with E-state index >= 15 is 0 Å². The zero-order chi connectivity index (χ0) is 13.2. The molecule has 1 aliphatic rings. The minimum absolute atomic E-state index is 0.252. The number of hydrogen-bond donors (Lipinski definition) is 1. The van der Waals surface area contributed by atoms with E-state index in [0.29, 0.717) is 6.54 Å². The maximum Gasteiger partial charge on any atom is 0.223 e. The molecule has 0 spiro atoms. The summed E-state index contributed by atoms with van der Waals surface area (Å²) < 4.78 is 0. The molecule has 18 heavy (non-hydrogen) atoms. The molecule has 0 unspecified atom stereocenters. The fourth-order valence-electron chi connectivity index (χ4n) is 2.72. The quantitative estimate of drug-likeness (QED) is 0.566. The normalized spacial score (nSPS) is 23.0. The molecule has 0 atom stereocenters. The van der Waals surface area contributed by atoms with Gasteiger partial charge in [-0.1, -0.05) is 26.2 Å². The number of hydrogen-bond acceptors (Lipinski definition) is 1. The van der Waals surface area contributed by atoms with E-state index in [1.807, 2.05) is 6.92 Å². The summed E-state index contributed by atoms with van der Waals surface area (Å²) in [6, 6.07) is 0. The third-order valence-electron chi connectivity index (χ3n) is 3.91. The molecule has 0 saturated heterocycles. The van der Waals surface area contributed by atoms with E-state index in [1.165, 1.54) is 32.1 Å². The lowest BCUT2D eigenvalue weighted by Crippen LogP contribution is -2.33. The second kappa shape index (κ2) is 9.03. The van der Waals surface area contributed by atoms with Gasteiger partial charge in [0.2, 0.25) is 5.91 Å². The standard InChI is InChI=1S/C16H27NO/c1-3-5-7-13-17-16(18)15-11-9-14(10-12-15)8-6-4-2/h14-15H,4,6-13H2,1-2H3,(H,17,18). The van der Waals surface area contributed by atoms with Crippen molar-refractivity contribution in [3.8, 4) is 11.8 Å². The van der Waals surface area contributed by atoms with Crippen LogP contribution in [0.5, 0.6) is 0 Å². The molecule has 1 amide bonds. The first-order valence-corrected chi connectivity index (χ1v) is 7.45. The highest BCUT2D eigenvalue weighted by Crippen LogP contribution is 2.31. The van der Waals surface area contributed by atoms with Crippen molar-refractivity contribution in [1.29, 1.82) is 0 Å². The highest BCUT2D eigenvalue weighted by atomic mass is 16.1. The Morgan fingerprint density at radius 2 is 2.00 bits per heavy atom. The Labute approximate surface area is 112 Å². The van der Waals surface area contributed by atoms with Gasteiger partial charge in [-0.2, -0.15) is 0 Å². The van der Waals surface area contributed by atoms with Crippen LogP contribution >= 0.6 is 0 Å². The summed E-state index contributed by atoms with van der Waals surface area (Å²) in [5, 5.41) is 3.00. The van der Waals surface area contributed by atoms with Crippen molar-refractivity contribution in [1.82, 2.24) is 5.32 Å². The third-order valence-corrected chi connectivity index (χ3v) is 3.91. The molecule has 1 aliphatic carbocycles. The maximum atomic E-state index is 11.9. The van der Waals surface area contributed by atoms with Crippen LogP contribution in [-0.4, -0.2) is 12.5 Å². The average Bonchev–Trinajstić information content (AvgIpc) is 2.41. The van der Waals surface area contributed by atoms with Gasteiger partial charge in [0.05, 0.1) is 0 Å². The number of carbonyl (C=O) groups excluding carboxylic acids is 1. The van der Waals surface area contributed by atoms with E-state index in [4.69, 9.17) is 0 Å². The number of amides is 1. The second-order valence-corrected chi connectivity index (χ2v) is 5.33. The zero-order valence-corrected chi connectivity index (χ0v) is 11.9. The Hall–Kier alpha value is -0.970. The zero-order valence-electron chi connectivity index (χ0n) is 11.9. The first kappa shape index (κ1) is 15.1. The smallest absolute Gasteiger partial charge is 0.223 e. The van der Waals surface area contributed by atoms with Crippen molar-refractivity contribution in [2.45, 2.75) is 65.2 Å².